The molecule has 0 aliphatic heterocycles. The summed E-state index contributed by atoms with van der Waals surface area (Å²) in [5.74, 6) is 0.849. The molecule has 0 radical (unpaired) electrons. The first-order valence-electron chi connectivity index (χ1n) is 8.50. The van der Waals surface area contributed by atoms with E-state index in [1.54, 1.807) is 18.2 Å². The Morgan fingerprint density at radius 3 is 2.64 bits per heavy atom. The molecule has 4 rings (SSSR count). The number of rotatable bonds is 4. The summed E-state index contributed by atoms with van der Waals surface area (Å²) >= 11 is 15.8. The van der Waals surface area contributed by atoms with Crippen LogP contribution >= 0.6 is 39.1 Å². The maximum absolute atomic E-state index is 6.24. The molecular formula is C20H15BrCl2N4O. The summed E-state index contributed by atoms with van der Waals surface area (Å²) in [5, 5.41) is 9.65. The smallest absolute Gasteiger partial charge is 0.258 e. The van der Waals surface area contributed by atoms with Crippen molar-refractivity contribution in [2.45, 2.75) is 20.4 Å². The van der Waals surface area contributed by atoms with Crippen molar-refractivity contribution in [3.8, 4) is 22.8 Å². The Hall–Kier alpha value is -2.15. The van der Waals surface area contributed by atoms with Crippen LogP contribution in [0.2, 0.25) is 10.0 Å². The fourth-order valence-corrected chi connectivity index (χ4v) is 3.70. The monoisotopic (exact) mass is 476 g/mol. The van der Waals surface area contributed by atoms with Gasteiger partial charge in [0, 0.05) is 16.1 Å². The topological polar surface area (TPSA) is 56.7 Å². The summed E-state index contributed by atoms with van der Waals surface area (Å²) < 4.78 is 8.46. The van der Waals surface area contributed by atoms with Crippen molar-refractivity contribution in [1.82, 2.24) is 19.9 Å². The van der Waals surface area contributed by atoms with Crippen LogP contribution in [0.25, 0.3) is 22.8 Å². The third-order valence-electron chi connectivity index (χ3n) is 4.40. The van der Waals surface area contributed by atoms with Crippen LogP contribution in [-0.4, -0.2) is 19.9 Å². The quantitative estimate of drug-likeness (QED) is 0.344. The van der Waals surface area contributed by atoms with Gasteiger partial charge in [-0.1, -0.05) is 40.5 Å². The second kappa shape index (κ2) is 7.70. The Morgan fingerprint density at radius 1 is 1.11 bits per heavy atom. The van der Waals surface area contributed by atoms with Crippen molar-refractivity contribution in [2.75, 3.05) is 0 Å². The third kappa shape index (κ3) is 3.72. The maximum Gasteiger partial charge on any atom is 0.258 e. The van der Waals surface area contributed by atoms with Gasteiger partial charge in [-0.2, -0.15) is 10.1 Å². The zero-order chi connectivity index (χ0) is 19.8. The lowest BCUT2D eigenvalue weighted by Crippen LogP contribution is -2.04. The number of halogens is 3. The van der Waals surface area contributed by atoms with E-state index in [0.717, 1.165) is 27.0 Å². The van der Waals surface area contributed by atoms with Crippen LogP contribution in [0.3, 0.4) is 0 Å². The van der Waals surface area contributed by atoms with Crippen LogP contribution in [0.15, 0.2) is 51.5 Å². The van der Waals surface area contributed by atoms with E-state index < -0.39 is 0 Å². The van der Waals surface area contributed by atoms with Gasteiger partial charge in [-0.05, 0) is 65.7 Å². The van der Waals surface area contributed by atoms with Crippen LogP contribution in [0, 0.1) is 13.8 Å². The van der Waals surface area contributed by atoms with Crippen LogP contribution in [0.1, 0.15) is 17.0 Å². The highest BCUT2D eigenvalue weighted by Crippen LogP contribution is 2.30. The zero-order valence-corrected chi connectivity index (χ0v) is 18.2. The van der Waals surface area contributed by atoms with E-state index in [4.69, 9.17) is 27.7 Å². The van der Waals surface area contributed by atoms with E-state index >= 15 is 0 Å². The summed E-state index contributed by atoms with van der Waals surface area (Å²) in [6, 6.07) is 13.1. The van der Waals surface area contributed by atoms with Crippen LogP contribution in [-0.2, 0) is 6.54 Å². The lowest BCUT2D eigenvalue weighted by molar-refractivity contribution is 0.432. The minimum atomic E-state index is 0.421. The summed E-state index contributed by atoms with van der Waals surface area (Å²) in [5.41, 5.74) is 4.64. The summed E-state index contributed by atoms with van der Waals surface area (Å²) in [6.45, 7) is 4.66. The lowest BCUT2D eigenvalue weighted by Gasteiger charge is -2.06. The van der Waals surface area contributed by atoms with Crippen molar-refractivity contribution in [3.63, 3.8) is 0 Å². The second-order valence-corrected chi connectivity index (χ2v) is 8.03. The highest BCUT2D eigenvalue weighted by atomic mass is 79.9. The molecule has 0 unspecified atom stereocenters. The first-order valence-corrected chi connectivity index (χ1v) is 10.0. The summed E-state index contributed by atoms with van der Waals surface area (Å²) in [7, 11) is 0. The van der Waals surface area contributed by atoms with Crippen molar-refractivity contribution in [3.05, 3.63) is 73.9 Å². The fraction of sp³-hybridized carbons (Fsp3) is 0.150. The lowest BCUT2D eigenvalue weighted by atomic mass is 10.1. The molecular weight excluding hydrogens is 463 g/mol. The third-order valence-corrected chi connectivity index (χ3v) is 6.09. The second-order valence-electron chi connectivity index (χ2n) is 6.39. The van der Waals surface area contributed by atoms with Gasteiger partial charge in [-0.3, -0.25) is 4.68 Å². The Kier molecular flexibility index (Phi) is 5.27. The highest BCUT2D eigenvalue weighted by Gasteiger charge is 2.15. The molecule has 0 amide bonds. The molecule has 0 bridgehead atoms. The van der Waals surface area contributed by atoms with Gasteiger partial charge in [0.1, 0.15) is 0 Å². The molecule has 2 aromatic carbocycles. The minimum Gasteiger partial charge on any atom is -0.334 e. The maximum atomic E-state index is 6.24. The molecule has 0 aliphatic rings. The first kappa shape index (κ1) is 19.2. The number of hydrogen-bond acceptors (Lipinski definition) is 4. The van der Waals surface area contributed by atoms with Gasteiger partial charge in [-0.15, -0.1) is 0 Å². The van der Waals surface area contributed by atoms with Crippen LogP contribution in [0.5, 0.6) is 0 Å². The van der Waals surface area contributed by atoms with Gasteiger partial charge in [0.15, 0.2) is 0 Å². The molecule has 0 saturated carbocycles. The fourth-order valence-electron chi connectivity index (χ4n) is 2.93. The molecule has 0 N–H and O–H groups in total. The molecule has 0 saturated heterocycles. The van der Waals surface area contributed by atoms with E-state index in [-0.39, 0.29) is 0 Å². The zero-order valence-electron chi connectivity index (χ0n) is 15.1. The SMILES string of the molecule is Cc1nn(Cc2cccc(-c3nc(-c4ccc(Cl)cc4Cl)no3)c2)c(C)c1Br. The van der Waals surface area contributed by atoms with Crippen molar-refractivity contribution >= 4 is 39.1 Å². The molecule has 5 nitrogen and oxygen atoms in total. The van der Waals surface area contributed by atoms with Gasteiger partial charge in [0.05, 0.1) is 27.4 Å². The average molecular weight is 478 g/mol. The van der Waals surface area contributed by atoms with Gasteiger partial charge < -0.3 is 4.52 Å². The standard InChI is InChI=1S/C20H15BrCl2N4O/c1-11-18(21)12(2)27(25-11)10-13-4-3-5-14(8-13)20-24-19(26-28-20)16-7-6-15(22)9-17(16)23/h3-9H,10H2,1-2H3. The van der Waals surface area contributed by atoms with Crippen LogP contribution < -0.4 is 0 Å². The summed E-state index contributed by atoms with van der Waals surface area (Å²) in [4.78, 5) is 4.49. The molecule has 28 heavy (non-hydrogen) atoms. The van der Waals surface area contributed by atoms with E-state index in [1.165, 1.54) is 0 Å². The number of aryl methyl sites for hydroxylation is 1. The van der Waals surface area contributed by atoms with Crippen molar-refractivity contribution in [2.24, 2.45) is 0 Å². The highest BCUT2D eigenvalue weighted by molar-refractivity contribution is 9.10. The summed E-state index contributed by atoms with van der Waals surface area (Å²) in [6.07, 6.45) is 0. The van der Waals surface area contributed by atoms with E-state index in [1.807, 2.05) is 42.8 Å². The largest absolute Gasteiger partial charge is 0.334 e. The van der Waals surface area contributed by atoms with Crippen LogP contribution in [0.4, 0.5) is 0 Å². The van der Waals surface area contributed by atoms with E-state index in [9.17, 15) is 0 Å². The number of benzene rings is 2. The van der Waals surface area contributed by atoms with E-state index in [0.29, 0.717) is 33.9 Å². The molecule has 0 atom stereocenters. The molecule has 2 heterocycles. The predicted octanol–water partition coefficient (Wildman–Crippen LogP) is 6.33. The van der Waals surface area contributed by atoms with Crippen molar-refractivity contribution < 1.29 is 4.52 Å². The van der Waals surface area contributed by atoms with Crippen molar-refractivity contribution in [1.29, 1.82) is 0 Å². The molecule has 0 fully saturated rings. The van der Waals surface area contributed by atoms with Gasteiger partial charge in [-0.25, -0.2) is 0 Å². The molecule has 142 valence electrons. The molecule has 0 aliphatic carbocycles. The van der Waals surface area contributed by atoms with Gasteiger partial charge in [0.2, 0.25) is 5.82 Å². The molecule has 8 heteroatoms. The number of nitrogens with zero attached hydrogens (tertiary/aromatic N) is 4. The van der Waals surface area contributed by atoms with Gasteiger partial charge in [0.25, 0.3) is 5.89 Å². The van der Waals surface area contributed by atoms with E-state index in [2.05, 4.69) is 31.2 Å². The number of aromatic nitrogens is 4. The Balaban J connectivity index is 1.63. The molecule has 0 spiro atoms. The Labute approximate surface area is 180 Å². The first-order chi connectivity index (χ1) is 13.4. The normalized spacial score (nSPS) is 11.2. The Bertz CT molecular complexity index is 1170. The minimum absolute atomic E-state index is 0.421. The molecule has 4 aromatic rings. The van der Waals surface area contributed by atoms with Gasteiger partial charge >= 0.3 is 0 Å². The Morgan fingerprint density at radius 2 is 1.93 bits per heavy atom. The molecule has 2 aromatic heterocycles. The number of hydrogen-bond donors (Lipinski definition) is 0. The predicted molar refractivity (Wildman–Crippen MR) is 114 cm³/mol. The average Bonchev–Trinajstić information content (AvgIpc) is 3.24.